The highest BCUT2D eigenvalue weighted by Crippen LogP contribution is 2.31. The summed E-state index contributed by atoms with van der Waals surface area (Å²) in [5, 5.41) is 0.662. The molecule has 0 bridgehead atoms. The predicted molar refractivity (Wildman–Crippen MR) is 79.8 cm³/mol. The maximum absolute atomic E-state index is 5.63. The minimum absolute atomic E-state index is 0.499. The molecule has 6 heteroatoms. The second-order valence-corrected chi connectivity index (χ2v) is 6.93. The Morgan fingerprint density at radius 3 is 2.60 bits per heavy atom. The molecule has 20 heavy (non-hydrogen) atoms. The smallest absolute Gasteiger partial charge is 0.274 e. The standard InChI is InChI=1S/C14H14BrNO3S/c1-14(18-6-7-19-14)11-4-2-10(3-5-11)9-17-13-16-8-12(15)20-13/h2-5,8H,6-7,9H2,1H3. The number of benzene rings is 1. The zero-order valence-corrected chi connectivity index (χ0v) is 13.4. The molecule has 0 unspecified atom stereocenters. The van der Waals surface area contributed by atoms with E-state index in [0.717, 1.165) is 14.9 Å². The first-order valence-electron chi connectivity index (χ1n) is 6.27. The topological polar surface area (TPSA) is 40.6 Å². The Morgan fingerprint density at radius 2 is 2.00 bits per heavy atom. The van der Waals surface area contributed by atoms with Crippen molar-refractivity contribution in [1.82, 2.24) is 4.98 Å². The largest absolute Gasteiger partial charge is 0.465 e. The Kier molecular flexibility index (Phi) is 4.07. The number of ether oxygens (including phenoxy) is 3. The van der Waals surface area contributed by atoms with Crippen LogP contribution in [-0.4, -0.2) is 18.2 Å². The van der Waals surface area contributed by atoms with Gasteiger partial charge in [0.2, 0.25) is 0 Å². The molecule has 2 aromatic rings. The van der Waals surface area contributed by atoms with Gasteiger partial charge in [-0.05, 0) is 28.4 Å². The lowest BCUT2D eigenvalue weighted by Crippen LogP contribution is -2.22. The summed E-state index contributed by atoms with van der Waals surface area (Å²) in [5.41, 5.74) is 2.11. The normalized spacial score (nSPS) is 17.3. The molecule has 1 aromatic carbocycles. The summed E-state index contributed by atoms with van der Waals surface area (Å²) < 4.78 is 17.8. The van der Waals surface area contributed by atoms with Gasteiger partial charge in [0.25, 0.3) is 5.19 Å². The van der Waals surface area contributed by atoms with Gasteiger partial charge in [0.05, 0.1) is 23.2 Å². The van der Waals surface area contributed by atoms with E-state index in [2.05, 4.69) is 20.9 Å². The molecule has 0 aliphatic carbocycles. The number of hydrogen-bond acceptors (Lipinski definition) is 5. The Morgan fingerprint density at radius 1 is 1.30 bits per heavy atom. The van der Waals surface area contributed by atoms with Gasteiger partial charge in [-0.2, -0.15) is 0 Å². The molecule has 0 saturated carbocycles. The van der Waals surface area contributed by atoms with Crippen LogP contribution in [0, 0.1) is 0 Å². The first kappa shape index (κ1) is 14.0. The van der Waals surface area contributed by atoms with E-state index in [1.165, 1.54) is 11.3 Å². The van der Waals surface area contributed by atoms with Crippen molar-refractivity contribution in [3.63, 3.8) is 0 Å². The Bertz CT molecular complexity index is 578. The molecule has 0 spiro atoms. The zero-order chi connectivity index (χ0) is 14.0. The van der Waals surface area contributed by atoms with Gasteiger partial charge in [0.15, 0.2) is 5.79 Å². The second-order valence-electron chi connectivity index (χ2n) is 4.56. The summed E-state index contributed by atoms with van der Waals surface area (Å²) in [5.74, 6) is -0.612. The van der Waals surface area contributed by atoms with Crippen molar-refractivity contribution in [2.75, 3.05) is 13.2 Å². The van der Waals surface area contributed by atoms with Crippen LogP contribution in [-0.2, 0) is 21.9 Å². The summed E-state index contributed by atoms with van der Waals surface area (Å²) in [6.07, 6.45) is 1.73. The molecule has 3 rings (SSSR count). The van der Waals surface area contributed by atoms with E-state index in [0.29, 0.717) is 25.0 Å². The molecule has 4 nitrogen and oxygen atoms in total. The first-order chi connectivity index (χ1) is 9.66. The van der Waals surface area contributed by atoms with E-state index in [1.807, 2.05) is 31.2 Å². The van der Waals surface area contributed by atoms with Gasteiger partial charge in [-0.25, -0.2) is 4.98 Å². The number of nitrogens with zero attached hydrogens (tertiary/aromatic N) is 1. The van der Waals surface area contributed by atoms with Gasteiger partial charge >= 0.3 is 0 Å². The van der Waals surface area contributed by atoms with Crippen molar-refractivity contribution >= 4 is 27.3 Å². The van der Waals surface area contributed by atoms with Gasteiger partial charge in [-0.15, -0.1) is 0 Å². The first-order valence-corrected chi connectivity index (χ1v) is 7.88. The summed E-state index contributed by atoms with van der Waals surface area (Å²) in [6.45, 7) is 3.72. The van der Waals surface area contributed by atoms with Crippen LogP contribution in [0.1, 0.15) is 18.1 Å². The average molecular weight is 356 g/mol. The van der Waals surface area contributed by atoms with E-state index >= 15 is 0 Å². The number of halogens is 1. The summed E-state index contributed by atoms with van der Waals surface area (Å²) in [6, 6.07) is 8.08. The van der Waals surface area contributed by atoms with Crippen LogP contribution in [0.3, 0.4) is 0 Å². The average Bonchev–Trinajstić information content (AvgIpc) is 3.07. The van der Waals surface area contributed by atoms with Gasteiger partial charge < -0.3 is 14.2 Å². The molecular weight excluding hydrogens is 342 g/mol. The summed E-state index contributed by atoms with van der Waals surface area (Å²) >= 11 is 4.83. The highest BCUT2D eigenvalue weighted by atomic mass is 79.9. The van der Waals surface area contributed by atoms with Gasteiger partial charge in [0, 0.05) is 5.56 Å². The van der Waals surface area contributed by atoms with Crippen molar-refractivity contribution in [2.24, 2.45) is 0 Å². The molecule has 1 aliphatic heterocycles. The lowest BCUT2D eigenvalue weighted by atomic mass is 10.1. The zero-order valence-electron chi connectivity index (χ0n) is 11.0. The lowest BCUT2D eigenvalue weighted by molar-refractivity contribution is -0.149. The van der Waals surface area contributed by atoms with Crippen molar-refractivity contribution in [1.29, 1.82) is 0 Å². The van der Waals surface area contributed by atoms with E-state index in [1.54, 1.807) is 6.20 Å². The molecule has 0 amide bonds. The fraction of sp³-hybridized carbons (Fsp3) is 0.357. The second kappa shape index (κ2) is 5.81. The van der Waals surface area contributed by atoms with Crippen molar-refractivity contribution in [3.05, 3.63) is 45.4 Å². The van der Waals surface area contributed by atoms with Crippen molar-refractivity contribution < 1.29 is 14.2 Å². The van der Waals surface area contributed by atoms with E-state index in [-0.39, 0.29) is 0 Å². The fourth-order valence-corrected chi connectivity index (χ4v) is 3.05. The van der Waals surface area contributed by atoms with Gasteiger partial charge in [-0.1, -0.05) is 35.6 Å². The third kappa shape index (κ3) is 3.03. The quantitative estimate of drug-likeness (QED) is 0.838. The molecular formula is C14H14BrNO3S. The molecule has 0 N–H and O–H groups in total. The Hall–Kier alpha value is -0.950. The van der Waals surface area contributed by atoms with Crippen molar-refractivity contribution in [2.45, 2.75) is 19.3 Å². The Labute approximate surface area is 129 Å². The van der Waals surface area contributed by atoms with E-state index in [9.17, 15) is 0 Å². The molecule has 1 aromatic heterocycles. The fourth-order valence-electron chi connectivity index (χ4n) is 2.04. The SMILES string of the molecule is CC1(c2ccc(COc3ncc(Br)s3)cc2)OCCO1. The molecule has 2 heterocycles. The maximum Gasteiger partial charge on any atom is 0.274 e. The predicted octanol–water partition coefficient (Wildman–Crippen LogP) is 3.70. The molecule has 1 saturated heterocycles. The van der Waals surface area contributed by atoms with Crippen LogP contribution in [0.4, 0.5) is 0 Å². The lowest BCUT2D eigenvalue weighted by Gasteiger charge is -2.22. The molecule has 0 atom stereocenters. The van der Waals surface area contributed by atoms with Gasteiger partial charge in [-0.3, -0.25) is 0 Å². The third-order valence-corrected chi connectivity index (χ3v) is 4.52. The highest BCUT2D eigenvalue weighted by molar-refractivity contribution is 9.11. The number of aromatic nitrogens is 1. The number of hydrogen-bond donors (Lipinski definition) is 0. The monoisotopic (exact) mass is 355 g/mol. The molecule has 1 aliphatic rings. The van der Waals surface area contributed by atoms with Crippen LogP contribution < -0.4 is 4.74 Å². The molecule has 0 radical (unpaired) electrons. The number of thiazole rings is 1. The van der Waals surface area contributed by atoms with Crippen LogP contribution in [0.2, 0.25) is 0 Å². The Balaban J connectivity index is 1.64. The van der Waals surface area contributed by atoms with E-state index < -0.39 is 5.79 Å². The maximum atomic E-state index is 5.63. The molecule has 1 fully saturated rings. The van der Waals surface area contributed by atoms with Crippen LogP contribution in [0.25, 0.3) is 0 Å². The summed E-state index contributed by atoms with van der Waals surface area (Å²) in [4.78, 5) is 4.13. The third-order valence-electron chi connectivity index (χ3n) is 3.14. The molecule has 106 valence electrons. The summed E-state index contributed by atoms with van der Waals surface area (Å²) in [7, 11) is 0. The van der Waals surface area contributed by atoms with Crippen LogP contribution in [0.5, 0.6) is 5.19 Å². The van der Waals surface area contributed by atoms with Crippen LogP contribution >= 0.6 is 27.3 Å². The minimum Gasteiger partial charge on any atom is -0.465 e. The van der Waals surface area contributed by atoms with Crippen LogP contribution in [0.15, 0.2) is 34.2 Å². The minimum atomic E-state index is -0.612. The van der Waals surface area contributed by atoms with E-state index in [4.69, 9.17) is 14.2 Å². The number of rotatable bonds is 4. The highest BCUT2D eigenvalue weighted by Gasteiger charge is 2.32. The van der Waals surface area contributed by atoms with Crippen molar-refractivity contribution in [3.8, 4) is 5.19 Å². The van der Waals surface area contributed by atoms with Gasteiger partial charge in [0.1, 0.15) is 6.61 Å².